The third-order valence-corrected chi connectivity index (χ3v) is 1.62. The first-order chi connectivity index (χ1) is 6.00. The zero-order chi connectivity index (χ0) is 9.07. The van der Waals surface area contributed by atoms with E-state index in [0.717, 1.165) is 0 Å². The first kappa shape index (κ1) is 12.3. The molecule has 0 atom stereocenters. The molecule has 0 spiro atoms. The van der Waals surface area contributed by atoms with Crippen molar-refractivity contribution in [2.75, 3.05) is 0 Å². The monoisotopic (exact) mass is 271 g/mol. The van der Waals surface area contributed by atoms with Crippen LogP contribution in [-0.2, 0) is 17.3 Å². The first-order valence-corrected chi connectivity index (χ1v) is 6.35. The summed E-state index contributed by atoms with van der Waals surface area (Å²) < 4.78 is 0. The predicted molar refractivity (Wildman–Crippen MR) is 50.7 cm³/mol. The molecule has 0 N–H and O–H groups in total. The molecule has 2 heteroatoms. The molecular weight excluding hydrogens is 257 g/mol. The van der Waals surface area contributed by atoms with Crippen LogP contribution < -0.4 is 0 Å². The van der Waals surface area contributed by atoms with E-state index < -0.39 is 0 Å². The van der Waals surface area contributed by atoms with E-state index >= 15 is 0 Å². The van der Waals surface area contributed by atoms with Gasteiger partial charge in [0, 0.05) is 0 Å². The van der Waals surface area contributed by atoms with Gasteiger partial charge >= 0.3 is 27.0 Å². The molecule has 0 aromatic heterocycles. The Morgan fingerprint density at radius 1 is 1.00 bits per heavy atom. The molecule has 0 bridgehead atoms. The van der Waals surface area contributed by atoms with E-state index in [1.807, 2.05) is 47.6 Å². The van der Waals surface area contributed by atoms with Crippen molar-refractivity contribution in [3.8, 4) is 0 Å². The average molecular weight is 271 g/mol. The second-order valence-electron chi connectivity index (χ2n) is 2.54. The summed E-state index contributed by atoms with van der Waals surface area (Å²) in [6.45, 7) is 0. The summed E-state index contributed by atoms with van der Waals surface area (Å²) >= 11 is 1.82. The van der Waals surface area contributed by atoms with E-state index in [1.54, 1.807) is 0 Å². The number of halogens is 1. The molecule has 2 rings (SSSR count). The maximum Gasteiger partial charge on any atom is -0.172 e. The third kappa shape index (κ3) is 8.36. The van der Waals surface area contributed by atoms with Crippen molar-refractivity contribution in [3.63, 3.8) is 0 Å². The van der Waals surface area contributed by atoms with Crippen molar-refractivity contribution in [2.24, 2.45) is 0 Å². The molecule has 1 saturated carbocycles. The Labute approximate surface area is 89.4 Å². The average Bonchev–Trinajstić information content (AvgIpc) is 2.87. The smallest absolute Gasteiger partial charge is 0.172 e. The van der Waals surface area contributed by atoms with Crippen LogP contribution >= 0.6 is 9.69 Å². The number of hydrogen-bond acceptors (Lipinski definition) is 0. The molecule has 0 amide bonds. The summed E-state index contributed by atoms with van der Waals surface area (Å²) in [7, 11) is 4.57. The summed E-state index contributed by atoms with van der Waals surface area (Å²) in [6.07, 6.45) is 8.00. The minimum absolute atomic E-state index is 1.38. The van der Waals surface area contributed by atoms with Crippen LogP contribution in [0.15, 0.2) is 30.3 Å². The van der Waals surface area contributed by atoms with Gasteiger partial charge < -0.3 is 6.42 Å². The van der Waals surface area contributed by atoms with Gasteiger partial charge in [0.2, 0.25) is 0 Å². The quantitative estimate of drug-likeness (QED) is 0.496. The molecule has 1 aliphatic carbocycles. The molecule has 0 saturated heterocycles. The molecule has 1 aliphatic rings. The van der Waals surface area contributed by atoms with Gasteiger partial charge in [-0.1, -0.05) is 12.8 Å². The standard InChI is InChI=1S/C5H9.C5H5.ClH.Ru/c2*1-2-4-5-3-1;;/h1H,2-5H2;1-5H;1H;/q2*-1;;+3/p-1. The van der Waals surface area contributed by atoms with Gasteiger partial charge in [0.15, 0.2) is 0 Å². The maximum atomic E-state index is 4.57. The van der Waals surface area contributed by atoms with Crippen molar-refractivity contribution in [1.29, 1.82) is 0 Å². The molecule has 0 heterocycles. The van der Waals surface area contributed by atoms with Gasteiger partial charge in [-0.3, -0.25) is 0 Å². The van der Waals surface area contributed by atoms with Crippen LogP contribution in [0.2, 0.25) is 0 Å². The fourth-order valence-corrected chi connectivity index (χ4v) is 1.04. The molecular formula is C10H14ClRu. The van der Waals surface area contributed by atoms with Crippen LogP contribution in [0.25, 0.3) is 0 Å². The Bertz CT molecular complexity index is 109. The van der Waals surface area contributed by atoms with E-state index in [0.29, 0.717) is 0 Å². The van der Waals surface area contributed by atoms with Gasteiger partial charge in [-0.05, 0) is 0 Å². The molecule has 12 heavy (non-hydrogen) atoms. The maximum absolute atomic E-state index is 4.57. The Morgan fingerprint density at radius 3 is 1.67 bits per heavy atom. The van der Waals surface area contributed by atoms with Gasteiger partial charge in [-0.25, -0.2) is 12.1 Å². The van der Waals surface area contributed by atoms with Crippen molar-refractivity contribution >= 4 is 9.69 Å². The van der Waals surface area contributed by atoms with Crippen molar-refractivity contribution in [3.05, 3.63) is 36.8 Å². The van der Waals surface area contributed by atoms with E-state index in [2.05, 4.69) is 16.1 Å². The van der Waals surface area contributed by atoms with Crippen molar-refractivity contribution < 1.29 is 17.3 Å². The fourth-order valence-electron chi connectivity index (χ4n) is 1.04. The predicted octanol–water partition coefficient (Wildman–Crippen LogP) is 3.86. The number of hydrogen-bond donors (Lipinski definition) is 0. The molecule has 1 aromatic rings. The van der Waals surface area contributed by atoms with Crippen LogP contribution in [-0.4, -0.2) is 0 Å². The Kier molecular flexibility index (Phi) is 11.5. The van der Waals surface area contributed by atoms with E-state index in [1.165, 1.54) is 25.7 Å². The normalized spacial score (nSPS) is 13.8. The molecule has 0 radical (unpaired) electrons. The van der Waals surface area contributed by atoms with Crippen LogP contribution in [0.4, 0.5) is 0 Å². The van der Waals surface area contributed by atoms with Crippen LogP contribution in [0.5, 0.6) is 0 Å². The SMILES string of the molecule is [CH-]1CCCC1.[Cl][Ru+2].c1cc[cH-]c1. The van der Waals surface area contributed by atoms with E-state index in [-0.39, 0.29) is 0 Å². The molecule has 0 nitrogen and oxygen atoms in total. The first-order valence-electron chi connectivity index (χ1n) is 4.12. The van der Waals surface area contributed by atoms with Crippen molar-refractivity contribution in [2.45, 2.75) is 25.7 Å². The molecule has 0 aliphatic heterocycles. The summed E-state index contributed by atoms with van der Waals surface area (Å²) in [4.78, 5) is 0. The Balaban J connectivity index is 0.000000168. The molecule has 1 fully saturated rings. The second-order valence-corrected chi connectivity index (χ2v) is 2.54. The van der Waals surface area contributed by atoms with E-state index in [9.17, 15) is 0 Å². The third-order valence-electron chi connectivity index (χ3n) is 1.62. The molecule has 0 unspecified atom stereocenters. The largest absolute Gasteiger partial charge is 0.214 e. The summed E-state index contributed by atoms with van der Waals surface area (Å²) in [5, 5.41) is 0. The zero-order valence-electron chi connectivity index (χ0n) is 7.02. The molecule has 1 aromatic carbocycles. The van der Waals surface area contributed by atoms with Gasteiger partial charge in [-0.15, -0.1) is 0 Å². The zero-order valence-corrected chi connectivity index (χ0v) is 9.52. The Morgan fingerprint density at radius 2 is 1.50 bits per heavy atom. The number of rotatable bonds is 0. The summed E-state index contributed by atoms with van der Waals surface area (Å²) in [5.41, 5.74) is 0. The van der Waals surface area contributed by atoms with E-state index in [4.69, 9.17) is 0 Å². The second kappa shape index (κ2) is 11.3. The van der Waals surface area contributed by atoms with Crippen LogP contribution in [0, 0.1) is 6.42 Å². The summed E-state index contributed by atoms with van der Waals surface area (Å²) in [6, 6.07) is 10.0. The van der Waals surface area contributed by atoms with Gasteiger partial charge in [0.1, 0.15) is 0 Å². The van der Waals surface area contributed by atoms with Crippen molar-refractivity contribution in [1.82, 2.24) is 0 Å². The fraction of sp³-hybridized carbons (Fsp3) is 0.400. The Hall–Kier alpha value is 0.263. The van der Waals surface area contributed by atoms with Crippen LogP contribution in [0.3, 0.4) is 0 Å². The van der Waals surface area contributed by atoms with Crippen LogP contribution in [0.1, 0.15) is 25.7 Å². The van der Waals surface area contributed by atoms with Gasteiger partial charge in [0.25, 0.3) is 0 Å². The minimum atomic E-state index is 1.38. The summed E-state index contributed by atoms with van der Waals surface area (Å²) in [5.74, 6) is 0. The minimum Gasteiger partial charge on any atom is -0.214 e. The van der Waals surface area contributed by atoms with Gasteiger partial charge in [0.05, 0.1) is 0 Å². The topological polar surface area (TPSA) is 0 Å². The molecule has 69 valence electrons. The van der Waals surface area contributed by atoms with Gasteiger partial charge in [-0.2, -0.15) is 31.0 Å².